The molecule has 0 saturated carbocycles. The molecule has 2 aliphatic rings. The molecular weight excluding hydrogens is 316 g/mol. The van der Waals surface area contributed by atoms with Gasteiger partial charge in [-0.2, -0.15) is 0 Å². The quantitative estimate of drug-likeness (QED) is 0.918. The van der Waals surface area contributed by atoms with Crippen LogP contribution in [-0.2, 0) is 6.54 Å². The minimum absolute atomic E-state index is 0. The summed E-state index contributed by atoms with van der Waals surface area (Å²) in [5.74, 6) is 0.785. The molecule has 6 nitrogen and oxygen atoms in total. The van der Waals surface area contributed by atoms with Crippen LogP contribution >= 0.6 is 12.4 Å². The number of amides is 2. The number of anilines is 1. The van der Waals surface area contributed by atoms with Crippen molar-refractivity contribution in [3.63, 3.8) is 0 Å². The average molecular weight is 335 g/mol. The maximum absolute atomic E-state index is 12.8. The summed E-state index contributed by atoms with van der Waals surface area (Å²) in [7, 11) is 0. The summed E-state index contributed by atoms with van der Waals surface area (Å²) < 4.78 is 5.81. The third kappa shape index (κ3) is 2.53. The molecule has 0 bridgehead atoms. The normalized spacial score (nSPS) is 19.0. The molecule has 1 saturated heterocycles. The van der Waals surface area contributed by atoms with Crippen molar-refractivity contribution in [1.29, 1.82) is 0 Å². The summed E-state index contributed by atoms with van der Waals surface area (Å²) in [6.07, 6.45) is 1.67. The number of urea groups is 1. The minimum Gasteiger partial charge on any atom is -0.489 e. The Balaban J connectivity index is 0.00000156. The van der Waals surface area contributed by atoms with Gasteiger partial charge in [-0.1, -0.05) is 6.07 Å². The van der Waals surface area contributed by atoms with E-state index in [1.807, 2.05) is 41.8 Å². The molecule has 0 radical (unpaired) electrons. The van der Waals surface area contributed by atoms with Gasteiger partial charge in [-0.3, -0.25) is 4.90 Å². The molecule has 4 rings (SSSR count). The number of hydrogen-bond acceptors (Lipinski definition) is 3. The smallest absolute Gasteiger partial charge is 0.325 e. The lowest BCUT2D eigenvalue weighted by molar-refractivity contribution is 0.218. The topological polar surface area (TPSA) is 61.5 Å². The Hall–Kier alpha value is -2.21. The van der Waals surface area contributed by atoms with E-state index >= 15 is 0 Å². The molecule has 0 spiro atoms. The number of nitrogens with zero attached hydrogens (tertiary/aromatic N) is 3. The van der Waals surface area contributed by atoms with Crippen LogP contribution in [0, 0.1) is 13.8 Å². The number of benzene rings is 1. The van der Waals surface area contributed by atoms with Gasteiger partial charge >= 0.3 is 6.03 Å². The molecule has 122 valence electrons. The third-order valence-corrected chi connectivity index (χ3v) is 4.35. The average Bonchev–Trinajstić information content (AvgIpc) is 3.04. The molecule has 23 heavy (non-hydrogen) atoms. The van der Waals surface area contributed by atoms with E-state index in [9.17, 15) is 4.79 Å². The van der Waals surface area contributed by atoms with Gasteiger partial charge in [-0.15, -0.1) is 12.4 Å². The number of H-pyrrole nitrogens is 1. The van der Waals surface area contributed by atoms with Gasteiger partial charge in [0.2, 0.25) is 0 Å². The maximum atomic E-state index is 12.8. The van der Waals surface area contributed by atoms with Gasteiger partial charge in [0.05, 0.1) is 30.3 Å². The highest BCUT2D eigenvalue weighted by molar-refractivity contribution is 5.97. The fourth-order valence-corrected chi connectivity index (χ4v) is 3.13. The first-order valence-corrected chi connectivity index (χ1v) is 7.44. The largest absolute Gasteiger partial charge is 0.489 e. The van der Waals surface area contributed by atoms with Crippen molar-refractivity contribution in [2.24, 2.45) is 0 Å². The number of rotatable bonds is 2. The lowest BCUT2D eigenvalue weighted by Gasteiger charge is -2.30. The Morgan fingerprint density at radius 1 is 1.39 bits per heavy atom. The summed E-state index contributed by atoms with van der Waals surface area (Å²) in [6.45, 7) is 5.73. The van der Waals surface area contributed by atoms with Crippen LogP contribution in [0.25, 0.3) is 0 Å². The number of aromatic amines is 1. The molecule has 2 amide bonds. The number of ether oxygens (including phenoxy) is 1. The fourth-order valence-electron chi connectivity index (χ4n) is 3.13. The molecule has 2 aromatic rings. The van der Waals surface area contributed by atoms with E-state index in [2.05, 4.69) is 9.97 Å². The second kappa shape index (κ2) is 5.77. The Bertz CT molecular complexity index is 745. The Kier molecular flexibility index (Phi) is 3.93. The second-order valence-electron chi connectivity index (χ2n) is 5.94. The number of imidazole rings is 1. The van der Waals surface area contributed by atoms with Gasteiger partial charge < -0.3 is 14.6 Å². The van der Waals surface area contributed by atoms with E-state index < -0.39 is 0 Å². The Morgan fingerprint density at radius 2 is 2.22 bits per heavy atom. The number of aromatic nitrogens is 2. The van der Waals surface area contributed by atoms with Crippen LogP contribution in [0.5, 0.6) is 5.75 Å². The molecule has 1 N–H and O–H groups in total. The molecule has 1 fully saturated rings. The molecule has 2 aliphatic heterocycles. The number of aryl methyl sites for hydroxylation is 2. The van der Waals surface area contributed by atoms with Crippen LogP contribution < -0.4 is 9.64 Å². The third-order valence-electron chi connectivity index (χ3n) is 4.35. The van der Waals surface area contributed by atoms with Crippen LogP contribution in [0.15, 0.2) is 24.5 Å². The number of halogens is 1. The van der Waals surface area contributed by atoms with Gasteiger partial charge in [0.1, 0.15) is 12.4 Å². The van der Waals surface area contributed by atoms with Gasteiger partial charge in [-0.05, 0) is 31.5 Å². The summed E-state index contributed by atoms with van der Waals surface area (Å²) in [4.78, 5) is 23.9. The molecule has 1 unspecified atom stereocenters. The van der Waals surface area contributed by atoms with Crippen molar-refractivity contribution in [1.82, 2.24) is 14.9 Å². The second-order valence-corrected chi connectivity index (χ2v) is 5.94. The van der Waals surface area contributed by atoms with Gasteiger partial charge in [0.15, 0.2) is 0 Å². The van der Waals surface area contributed by atoms with E-state index in [4.69, 9.17) is 4.74 Å². The maximum Gasteiger partial charge on any atom is 0.325 e. The highest BCUT2D eigenvalue weighted by Gasteiger charge is 2.42. The monoisotopic (exact) mass is 334 g/mol. The standard InChI is InChI=1S/C16H18N4O2.ClH/c1-10-3-4-15-14(5-10)20-12(8-22-15)6-19(16(20)21)7-13-11(2)17-9-18-13;/h3-5,9,12H,6-8H2,1-2H3,(H,17,18);1H. The molecule has 0 aliphatic carbocycles. The van der Waals surface area contributed by atoms with Crippen molar-refractivity contribution >= 4 is 24.1 Å². The van der Waals surface area contributed by atoms with Crippen LogP contribution in [0.2, 0.25) is 0 Å². The van der Waals surface area contributed by atoms with Crippen molar-refractivity contribution in [3.8, 4) is 5.75 Å². The van der Waals surface area contributed by atoms with Gasteiger partial charge in [0.25, 0.3) is 0 Å². The van der Waals surface area contributed by atoms with E-state index in [1.54, 1.807) is 6.33 Å². The van der Waals surface area contributed by atoms with Gasteiger partial charge in [0, 0.05) is 12.2 Å². The molecular formula is C16H19ClN4O2. The lowest BCUT2D eigenvalue weighted by Crippen LogP contribution is -2.41. The predicted octanol–water partition coefficient (Wildman–Crippen LogP) is 2.65. The molecule has 7 heteroatoms. The number of hydrogen-bond donors (Lipinski definition) is 1. The van der Waals surface area contributed by atoms with E-state index in [0.717, 1.165) is 28.4 Å². The SMILES string of the molecule is Cc1ccc2c(c1)N1C(=O)N(Cc3nc[nH]c3C)CC1CO2.Cl. The zero-order valence-corrected chi connectivity index (χ0v) is 13.9. The summed E-state index contributed by atoms with van der Waals surface area (Å²) in [5, 5.41) is 0. The van der Waals surface area contributed by atoms with Crippen molar-refractivity contribution < 1.29 is 9.53 Å². The first-order chi connectivity index (χ1) is 10.6. The molecule has 1 aromatic heterocycles. The molecule has 3 heterocycles. The van der Waals surface area contributed by atoms with E-state index in [0.29, 0.717) is 19.7 Å². The Labute approximate surface area is 140 Å². The van der Waals surface area contributed by atoms with Crippen LogP contribution in [0.4, 0.5) is 10.5 Å². The predicted molar refractivity (Wildman–Crippen MR) is 89.3 cm³/mol. The number of fused-ring (bicyclic) bond motifs is 3. The molecule has 1 aromatic carbocycles. The Morgan fingerprint density at radius 3 is 2.96 bits per heavy atom. The highest BCUT2D eigenvalue weighted by Crippen LogP contribution is 2.38. The zero-order valence-electron chi connectivity index (χ0n) is 13.1. The zero-order chi connectivity index (χ0) is 15.3. The van der Waals surface area contributed by atoms with Crippen molar-refractivity contribution in [2.75, 3.05) is 18.1 Å². The van der Waals surface area contributed by atoms with E-state index in [-0.39, 0.29) is 24.5 Å². The number of nitrogens with one attached hydrogen (secondary N) is 1. The summed E-state index contributed by atoms with van der Waals surface area (Å²) in [5.41, 5.74) is 3.92. The van der Waals surface area contributed by atoms with Crippen LogP contribution in [-0.4, -0.2) is 40.1 Å². The van der Waals surface area contributed by atoms with E-state index in [1.165, 1.54) is 0 Å². The molecule has 1 atom stereocenters. The first kappa shape index (κ1) is 15.7. The van der Waals surface area contributed by atoms with Crippen molar-refractivity contribution in [2.45, 2.75) is 26.4 Å². The fraction of sp³-hybridized carbons (Fsp3) is 0.375. The van der Waals surface area contributed by atoms with Crippen molar-refractivity contribution in [3.05, 3.63) is 41.5 Å². The number of carbonyl (C=O) groups is 1. The first-order valence-electron chi connectivity index (χ1n) is 7.44. The van der Waals surface area contributed by atoms with Crippen LogP contribution in [0.3, 0.4) is 0 Å². The lowest BCUT2D eigenvalue weighted by atomic mass is 10.1. The number of carbonyl (C=O) groups excluding carboxylic acids is 1. The summed E-state index contributed by atoms with van der Waals surface area (Å²) >= 11 is 0. The highest BCUT2D eigenvalue weighted by atomic mass is 35.5. The minimum atomic E-state index is 0. The van der Waals surface area contributed by atoms with Gasteiger partial charge in [-0.25, -0.2) is 9.78 Å². The van der Waals surface area contributed by atoms with Crippen LogP contribution in [0.1, 0.15) is 17.0 Å². The summed E-state index contributed by atoms with van der Waals surface area (Å²) in [6, 6.07) is 6.06.